The quantitative estimate of drug-likeness (QED) is 0.196. The molecule has 7 aromatic rings. The van der Waals surface area contributed by atoms with E-state index < -0.39 is 21.7 Å². The minimum absolute atomic E-state index is 0.0249. The van der Waals surface area contributed by atoms with Crippen LogP contribution in [0, 0.1) is 0 Å². The van der Waals surface area contributed by atoms with E-state index in [2.05, 4.69) is 9.97 Å². The fourth-order valence-corrected chi connectivity index (χ4v) is 5.28. The van der Waals surface area contributed by atoms with Gasteiger partial charge in [0.05, 0.1) is 43.6 Å². The minimum Gasteiger partial charge on any atom is -0.506 e. The number of H-pyrrole nitrogens is 2. The van der Waals surface area contributed by atoms with Crippen LogP contribution < -0.4 is 21.7 Å². The van der Waals surface area contributed by atoms with E-state index in [0.717, 1.165) is 0 Å². The minimum atomic E-state index is -0.581. The lowest BCUT2D eigenvalue weighted by Crippen LogP contribution is -2.13. The molecule has 1 heterocycles. The molecule has 0 fully saturated rings. The van der Waals surface area contributed by atoms with Gasteiger partial charge in [-0.15, -0.1) is 0 Å². The van der Waals surface area contributed by atoms with E-state index in [1.54, 1.807) is 48.5 Å². The molecule has 8 heteroatoms. The van der Waals surface area contributed by atoms with Crippen molar-refractivity contribution in [2.75, 3.05) is 0 Å². The number of aromatic hydroxyl groups is 2. The van der Waals surface area contributed by atoms with Gasteiger partial charge in [0, 0.05) is 33.7 Å². The van der Waals surface area contributed by atoms with Gasteiger partial charge in [0.15, 0.2) is 21.7 Å². The predicted molar refractivity (Wildman–Crippen MR) is 140 cm³/mol. The van der Waals surface area contributed by atoms with Crippen molar-refractivity contribution in [3.05, 3.63) is 102 Å². The number of hydrogen-bond donors (Lipinski definition) is 4. The Kier molecular flexibility index (Phi) is 3.73. The summed E-state index contributed by atoms with van der Waals surface area (Å²) in [7, 11) is 0. The highest BCUT2D eigenvalue weighted by Crippen LogP contribution is 2.34. The molecule has 8 nitrogen and oxygen atoms in total. The van der Waals surface area contributed by atoms with Crippen LogP contribution in [0.25, 0.3) is 65.2 Å². The van der Waals surface area contributed by atoms with Crippen molar-refractivity contribution < 1.29 is 10.2 Å². The van der Waals surface area contributed by atoms with Gasteiger partial charge in [-0.05, 0) is 0 Å². The smallest absolute Gasteiger partial charge is 0.196 e. The molecule has 0 atom stereocenters. The summed E-state index contributed by atoms with van der Waals surface area (Å²) in [5.74, 6) is -0.608. The normalized spacial score (nSPS) is 12.0. The monoisotopic (exact) mass is 474 g/mol. The van der Waals surface area contributed by atoms with Crippen molar-refractivity contribution in [2.24, 2.45) is 0 Å². The average Bonchev–Trinajstić information content (AvgIpc) is 2.88. The Bertz CT molecular complexity index is 2200. The molecular weight excluding hydrogens is 460 g/mol. The average molecular weight is 474 g/mol. The third kappa shape index (κ3) is 2.37. The zero-order valence-corrected chi connectivity index (χ0v) is 18.3. The lowest BCUT2D eigenvalue weighted by Gasteiger charge is -2.12. The second kappa shape index (κ2) is 6.67. The fraction of sp³-hybridized carbons (Fsp3) is 0. The molecule has 0 radical (unpaired) electrons. The van der Waals surface area contributed by atoms with Gasteiger partial charge >= 0.3 is 0 Å². The first-order valence-electron chi connectivity index (χ1n) is 11.1. The summed E-state index contributed by atoms with van der Waals surface area (Å²) in [5.41, 5.74) is -1.25. The Morgan fingerprint density at radius 1 is 0.500 bits per heavy atom. The first kappa shape index (κ1) is 20.2. The first-order chi connectivity index (χ1) is 17.4. The zero-order chi connectivity index (χ0) is 24.9. The molecule has 0 bridgehead atoms. The summed E-state index contributed by atoms with van der Waals surface area (Å²) in [4.78, 5) is 59.1. The van der Waals surface area contributed by atoms with E-state index in [1.165, 1.54) is 12.1 Å². The number of hydrogen-bond acceptors (Lipinski definition) is 6. The third-order valence-electron chi connectivity index (χ3n) is 6.88. The highest BCUT2D eigenvalue weighted by Gasteiger charge is 2.21. The third-order valence-corrected chi connectivity index (χ3v) is 6.88. The molecule has 0 aliphatic rings. The zero-order valence-electron chi connectivity index (χ0n) is 18.3. The van der Waals surface area contributed by atoms with Gasteiger partial charge in [0.2, 0.25) is 0 Å². The predicted octanol–water partition coefficient (Wildman–Crippen LogP) is 3.55. The van der Waals surface area contributed by atoms with Crippen molar-refractivity contribution in [1.82, 2.24) is 9.97 Å². The molecule has 1 aromatic heterocycles. The van der Waals surface area contributed by atoms with E-state index in [0.29, 0.717) is 0 Å². The van der Waals surface area contributed by atoms with Gasteiger partial charge < -0.3 is 20.2 Å². The van der Waals surface area contributed by atoms with Crippen LogP contribution in [-0.2, 0) is 0 Å². The Hall–Kier alpha value is -5.24. The number of aromatic nitrogens is 2. The van der Waals surface area contributed by atoms with Gasteiger partial charge in [-0.1, -0.05) is 48.5 Å². The number of aromatic amines is 2. The Labute approximate surface area is 198 Å². The summed E-state index contributed by atoms with van der Waals surface area (Å²) in [6.45, 7) is 0. The molecule has 0 amide bonds. The van der Waals surface area contributed by atoms with Crippen LogP contribution in [0.5, 0.6) is 11.5 Å². The summed E-state index contributed by atoms with van der Waals surface area (Å²) in [5, 5.41) is 22.4. The number of nitrogens with one attached hydrogen (secondary N) is 2. The van der Waals surface area contributed by atoms with Crippen molar-refractivity contribution in [1.29, 1.82) is 0 Å². The Morgan fingerprint density at radius 3 is 1.25 bits per heavy atom. The van der Waals surface area contributed by atoms with Crippen LogP contribution in [-0.4, -0.2) is 20.2 Å². The van der Waals surface area contributed by atoms with E-state index in [1.807, 2.05) is 0 Å². The van der Waals surface area contributed by atoms with Gasteiger partial charge in [0.1, 0.15) is 11.5 Å². The second-order valence-corrected chi connectivity index (χ2v) is 8.79. The fourth-order valence-electron chi connectivity index (χ4n) is 5.28. The van der Waals surface area contributed by atoms with Crippen LogP contribution >= 0.6 is 0 Å². The van der Waals surface area contributed by atoms with Crippen LogP contribution in [0.15, 0.2) is 79.8 Å². The lowest BCUT2D eigenvalue weighted by atomic mass is 9.98. The van der Waals surface area contributed by atoms with Crippen molar-refractivity contribution in [3.63, 3.8) is 0 Å². The number of rotatable bonds is 0. The van der Waals surface area contributed by atoms with Crippen LogP contribution in [0.3, 0.4) is 0 Å². The molecule has 0 unspecified atom stereocenters. The molecule has 0 spiro atoms. The van der Waals surface area contributed by atoms with E-state index in [4.69, 9.17) is 0 Å². The highest BCUT2D eigenvalue weighted by atomic mass is 16.3. The van der Waals surface area contributed by atoms with Crippen molar-refractivity contribution >= 4 is 65.2 Å². The van der Waals surface area contributed by atoms with E-state index in [9.17, 15) is 29.4 Å². The number of phenolic OH excluding ortho intramolecular Hbond substituents is 2. The van der Waals surface area contributed by atoms with Gasteiger partial charge in [-0.3, -0.25) is 19.2 Å². The van der Waals surface area contributed by atoms with Crippen molar-refractivity contribution in [3.8, 4) is 11.5 Å². The molecule has 172 valence electrons. The van der Waals surface area contributed by atoms with E-state index >= 15 is 0 Å². The SMILES string of the molecule is O=c1cc2[nH]c3c(cc(=O)c4c(O)c5ccccc5c(=O)c43)[nH]c2c2c(=O)c3ccccc3c(O)c12. The van der Waals surface area contributed by atoms with Crippen LogP contribution in [0.4, 0.5) is 0 Å². The second-order valence-electron chi connectivity index (χ2n) is 8.79. The Morgan fingerprint density at radius 2 is 0.861 bits per heavy atom. The molecule has 0 aliphatic heterocycles. The molecule has 0 saturated carbocycles. The Balaban J connectivity index is 1.77. The summed E-state index contributed by atoms with van der Waals surface area (Å²) >= 11 is 0. The number of phenols is 2. The van der Waals surface area contributed by atoms with Gasteiger partial charge in [-0.2, -0.15) is 0 Å². The van der Waals surface area contributed by atoms with Crippen LogP contribution in [0.1, 0.15) is 0 Å². The number of fused-ring (bicyclic) bond motifs is 8. The maximum atomic E-state index is 13.4. The topological polar surface area (TPSA) is 140 Å². The van der Waals surface area contributed by atoms with Crippen LogP contribution in [0.2, 0.25) is 0 Å². The largest absolute Gasteiger partial charge is 0.506 e. The molecule has 4 N–H and O–H groups in total. The summed E-state index contributed by atoms with van der Waals surface area (Å²) in [6, 6.07) is 15.3. The first-order valence-corrected chi connectivity index (χ1v) is 11.1. The lowest BCUT2D eigenvalue weighted by molar-refractivity contribution is 0.487. The summed E-state index contributed by atoms with van der Waals surface area (Å²) < 4.78 is 0. The van der Waals surface area contributed by atoms with Gasteiger partial charge in [-0.25, -0.2) is 0 Å². The number of benzene rings is 6. The molecule has 0 aliphatic carbocycles. The highest BCUT2D eigenvalue weighted by molar-refractivity contribution is 6.17. The maximum Gasteiger partial charge on any atom is 0.196 e. The molecule has 36 heavy (non-hydrogen) atoms. The molecular formula is C28H14N2O6. The summed E-state index contributed by atoms with van der Waals surface area (Å²) in [6.07, 6.45) is 0. The molecule has 7 rings (SSSR count). The molecule has 0 saturated heterocycles. The molecule has 6 aromatic carbocycles. The standard InChI is InChI=1S/C28H14N2O6/c31-17-9-15-23(21-19(17)25(33)11-5-1-3-7-13(11)27(21)35)29-16-10-18(32)20-22(24(16)30-15)28(36)14-8-4-2-6-12(14)26(20)34/h1-10,29-30,33-34H. The van der Waals surface area contributed by atoms with Gasteiger partial charge in [0.25, 0.3) is 0 Å². The van der Waals surface area contributed by atoms with E-state index in [-0.39, 0.29) is 76.7 Å². The maximum absolute atomic E-state index is 13.4. The van der Waals surface area contributed by atoms with Crippen molar-refractivity contribution in [2.45, 2.75) is 0 Å².